The third-order valence-corrected chi connectivity index (χ3v) is 4.27. The molecule has 1 aromatic carbocycles. The number of benzene rings is 1. The second-order valence-electron chi connectivity index (χ2n) is 4.56. The van der Waals surface area contributed by atoms with Crippen molar-refractivity contribution >= 4 is 35.2 Å². The second-order valence-corrected chi connectivity index (χ2v) is 5.63. The van der Waals surface area contributed by atoms with Gasteiger partial charge in [-0.25, -0.2) is 0 Å². The van der Waals surface area contributed by atoms with Crippen LogP contribution in [0.1, 0.15) is 17.9 Å². The molecule has 1 N–H and O–H groups in total. The molecule has 1 aliphatic heterocycles. The summed E-state index contributed by atoms with van der Waals surface area (Å²) in [5.74, 6) is -0.317. The lowest BCUT2D eigenvalue weighted by Crippen LogP contribution is -2.34. The number of anilines is 1. The fraction of sp³-hybridized carbons (Fsp3) is 0.357. The number of hydrogen-bond donors (Lipinski definition) is 1. The fourth-order valence-electron chi connectivity index (χ4n) is 2.04. The molecule has 0 aromatic heterocycles. The number of esters is 1. The summed E-state index contributed by atoms with van der Waals surface area (Å²) in [5.41, 5.74) is 1.60. The van der Waals surface area contributed by atoms with E-state index in [2.05, 4.69) is 10.1 Å². The van der Waals surface area contributed by atoms with Crippen molar-refractivity contribution in [2.45, 2.75) is 12.3 Å². The molecule has 112 valence electrons. The van der Waals surface area contributed by atoms with Crippen molar-refractivity contribution in [3.8, 4) is 0 Å². The van der Waals surface area contributed by atoms with E-state index in [9.17, 15) is 14.4 Å². The molecule has 0 bridgehead atoms. The predicted octanol–water partition coefficient (Wildman–Crippen LogP) is 1.39. The molecule has 0 spiro atoms. The van der Waals surface area contributed by atoms with Gasteiger partial charge in [-0.1, -0.05) is 12.1 Å². The van der Waals surface area contributed by atoms with Crippen molar-refractivity contribution in [2.24, 2.45) is 0 Å². The van der Waals surface area contributed by atoms with Crippen LogP contribution in [0.5, 0.6) is 0 Å². The van der Waals surface area contributed by atoms with E-state index < -0.39 is 5.97 Å². The van der Waals surface area contributed by atoms with E-state index in [0.29, 0.717) is 11.4 Å². The first-order valence-electron chi connectivity index (χ1n) is 6.36. The zero-order chi connectivity index (χ0) is 15.4. The number of carbonyl (C=O) groups is 3. The average molecular weight is 308 g/mol. The highest BCUT2D eigenvalue weighted by Crippen LogP contribution is 2.38. The van der Waals surface area contributed by atoms with Crippen LogP contribution in [-0.2, 0) is 19.1 Å². The van der Waals surface area contributed by atoms with Gasteiger partial charge in [-0.15, -0.1) is 11.8 Å². The maximum atomic E-state index is 11.9. The number of rotatable bonds is 4. The first-order chi connectivity index (χ1) is 10.0. The van der Waals surface area contributed by atoms with Gasteiger partial charge in [-0.3, -0.25) is 14.4 Å². The Morgan fingerprint density at radius 2 is 2.05 bits per heavy atom. The number of ether oxygens (including phenoxy) is 1. The Hall–Kier alpha value is -2.02. The number of hydrogen-bond acceptors (Lipinski definition) is 5. The Morgan fingerprint density at radius 1 is 1.38 bits per heavy atom. The SMILES string of the molecule is COC(=O)CN1C(=O)CSC1c1ccc(NC(C)=O)cc1. The summed E-state index contributed by atoms with van der Waals surface area (Å²) in [6, 6.07) is 7.23. The van der Waals surface area contributed by atoms with Crippen LogP contribution in [0.3, 0.4) is 0 Å². The van der Waals surface area contributed by atoms with Crippen molar-refractivity contribution in [2.75, 3.05) is 24.7 Å². The maximum Gasteiger partial charge on any atom is 0.325 e. The Kier molecular flexibility index (Phi) is 4.85. The summed E-state index contributed by atoms with van der Waals surface area (Å²) >= 11 is 1.47. The van der Waals surface area contributed by atoms with Crippen LogP contribution >= 0.6 is 11.8 Å². The number of nitrogens with one attached hydrogen (secondary N) is 1. The summed E-state index contributed by atoms with van der Waals surface area (Å²) in [6.45, 7) is 1.39. The monoisotopic (exact) mass is 308 g/mol. The van der Waals surface area contributed by atoms with Gasteiger partial charge >= 0.3 is 5.97 Å². The number of carbonyl (C=O) groups excluding carboxylic acids is 3. The zero-order valence-electron chi connectivity index (χ0n) is 11.8. The molecule has 21 heavy (non-hydrogen) atoms. The summed E-state index contributed by atoms with van der Waals surface area (Å²) < 4.78 is 4.62. The molecule has 1 aliphatic rings. The molecule has 1 saturated heterocycles. The lowest BCUT2D eigenvalue weighted by Gasteiger charge is -2.23. The second kappa shape index (κ2) is 6.62. The van der Waals surface area contributed by atoms with Gasteiger partial charge in [0.15, 0.2) is 0 Å². The molecule has 2 amide bonds. The van der Waals surface area contributed by atoms with Crippen molar-refractivity contribution in [1.82, 2.24) is 4.90 Å². The topological polar surface area (TPSA) is 75.7 Å². The Morgan fingerprint density at radius 3 is 2.62 bits per heavy atom. The van der Waals surface area contributed by atoms with Gasteiger partial charge in [0, 0.05) is 12.6 Å². The Balaban J connectivity index is 2.13. The van der Waals surface area contributed by atoms with Crippen molar-refractivity contribution < 1.29 is 19.1 Å². The van der Waals surface area contributed by atoms with Gasteiger partial charge in [-0.2, -0.15) is 0 Å². The van der Waals surface area contributed by atoms with E-state index in [1.807, 2.05) is 12.1 Å². The number of methoxy groups -OCH3 is 1. The van der Waals surface area contributed by atoms with Gasteiger partial charge in [0.2, 0.25) is 11.8 Å². The molecule has 1 unspecified atom stereocenters. The molecule has 1 heterocycles. The molecule has 1 atom stereocenters. The van der Waals surface area contributed by atoms with E-state index in [1.165, 1.54) is 30.7 Å². The van der Waals surface area contributed by atoms with Crippen LogP contribution in [0, 0.1) is 0 Å². The van der Waals surface area contributed by atoms with E-state index in [1.54, 1.807) is 12.1 Å². The Bertz CT molecular complexity index is 559. The molecule has 0 radical (unpaired) electrons. The number of amides is 2. The molecule has 7 heteroatoms. The standard InChI is InChI=1S/C14H16N2O4S/c1-9(17)15-11-5-3-10(4-6-11)14-16(7-13(19)20-2)12(18)8-21-14/h3-6,14H,7-8H2,1-2H3,(H,15,17). The average Bonchev–Trinajstić information content (AvgIpc) is 2.80. The minimum Gasteiger partial charge on any atom is -0.468 e. The smallest absolute Gasteiger partial charge is 0.325 e. The van der Waals surface area contributed by atoms with Gasteiger partial charge in [0.1, 0.15) is 11.9 Å². The largest absolute Gasteiger partial charge is 0.468 e. The quantitative estimate of drug-likeness (QED) is 0.851. The summed E-state index contributed by atoms with van der Waals surface area (Å²) in [7, 11) is 1.30. The molecule has 0 aliphatic carbocycles. The summed E-state index contributed by atoms with van der Waals surface area (Å²) in [6.07, 6.45) is 0. The first-order valence-corrected chi connectivity index (χ1v) is 7.41. The van der Waals surface area contributed by atoms with Gasteiger partial charge in [-0.05, 0) is 17.7 Å². The lowest BCUT2D eigenvalue weighted by molar-refractivity contribution is -0.146. The van der Waals surface area contributed by atoms with E-state index >= 15 is 0 Å². The van der Waals surface area contributed by atoms with Gasteiger partial charge in [0.25, 0.3) is 0 Å². The lowest BCUT2D eigenvalue weighted by atomic mass is 10.2. The van der Waals surface area contributed by atoms with Gasteiger partial charge < -0.3 is 15.0 Å². The van der Waals surface area contributed by atoms with Crippen LogP contribution in [0.25, 0.3) is 0 Å². The normalized spacial score (nSPS) is 17.7. The molecule has 6 nitrogen and oxygen atoms in total. The van der Waals surface area contributed by atoms with E-state index in [0.717, 1.165) is 5.56 Å². The number of thioether (sulfide) groups is 1. The van der Waals surface area contributed by atoms with Crippen LogP contribution in [0.15, 0.2) is 24.3 Å². The van der Waals surface area contributed by atoms with Crippen molar-refractivity contribution in [3.05, 3.63) is 29.8 Å². The minimum atomic E-state index is -0.439. The molecular weight excluding hydrogens is 292 g/mol. The van der Waals surface area contributed by atoms with Crippen molar-refractivity contribution in [3.63, 3.8) is 0 Å². The number of nitrogens with zero attached hydrogens (tertiary/aromatic N) is 1. The molecule has 0 saturated carbocycles. The zero-order valence-corrected chi connectivity index (χ0v) is 12.6. The van der Waals surface area contributed by atoms with Crippen LogP contribution in [0.4, 0.5) is 5.69 Å². The molecular formula is C14H16N2O4S. The highest BCUT2D eigenvalue weighted by Gasteiger charge is 2.34. The third kappa shape index (κ3) is 3.75. The minimum absolute atomic E-state index is 0.0551. The molecule has 1 aromatic rings. The van der Waals surface area contributed by atoms with Crippen LogP contribution in [0.2, 0.25) is 0 Å². The van der Waals surface area contributed by atoms with Crippen LogP contribution in [-0.4, -0.2) is 42.1 Å². The highest BCUT2D eigenvalue weighted by atomic mass is 32.2. The molecule has 2 rings (SSSR count). The predicted molar refractivity (Wildman–Crippen MR) is 79.7 cm³/mol. The third-order valence-electron chi connectivity index (χ3n) is 3.01. The van der Waals surface area contributed by atoms with E-state index in [-0.39, 0.29) is 23.7 Å². The summed E-state index contributed by atoms with van der Waals surface area (Å²) in [5, 5.41) is 2.48. The summed E-state index contributed by atoms with van der Waals surface area (Å²) in [4.78, 5) is 35.7. The van der Waals surface area contributed by atoms with Gasteiger partial charge in [0.05, 0.1) is 12.9 Å². The van der Waals surface area contributed by atoms with Crippen LogP contribution < -0.4 is 5.32 Å². The Labute approximate surface area is 126 Å². The highest BCUT2D eigenvalue weighted by molar-refractivity contribution is 8.00. The van der Waals surface area contributed by atoms with Crippen molar-refractivity contribution in [1.29, 1.82) is 0 Å². The fourth-order valence-corrected chi connectivity index (χ4v) is 3.23. The first kappa shape index (κ1) is 15.4. The maximum absolute atomic E-state index is 11.9. The van der Waals surface area contributed by atoms with E-state index in [4.69, 9.17) is 0 Å². The molecule has 1 fully saturated rings.